The fourth-order valence-electron chi connectivity index (χ4n) is 4.20. The van der Waals surface area contributed by atoms with Crippen molar-refractivity contribution in [2.75, 3.05) is 4.90 Å². The highest BCUT2D eigenvalue weighted by atomic mass is 79.9. The molecule has 3 nitrogen and oxygen atoms in total. The topological polar surface area (TPSA) is 37.4 Å². The largest absolute Gasteiger partial charge is 0.274 e. The molecule has 21 heavy (non-hydrogen) atoms. The van der Waals surface area contributed by atoms with Gasteiger partial charge in [-0.2, -0.15) is 0 Å². The lowest BCUT2D eigenvalue weighted by molar-refractivity contribution is -0.123. The van der Waals surface area contributed by atoms with Crippen molar-refractivity contribution < 1.29 is 9.59 Å². The minimum absolute atomic E-state index is 0.00104. The van der Waals surface area contributed by atoms with E-state index in [-0.39, 0.29) is 35.5 Å². The molecule has 1 aromatic carbocycles. The summed E-state index contributed by atoms with van der Waals surface area (Å²) in [6.07, 6.45) is 6.03. The molecule has 2 amide bonds. The highest BCUT2D eigenvalue weighted by Gasteiger charge is 2.59. The van der Waals surface area contributed by atoms with E-state index < -0.39 is 0 Å². The van der Waals surface area contributed by atoms with Crippen molar-refractivity contribution in [1.82, 2.24) is 0 Å². The van der Waals surface area contributed by atoms with Gasteiger partial charge in [0.15, 0.2) is 0 Å². The maximum absolute atomic E-state index is 12.8. The molecule has 0 aromatic heterocycles. The average Bonchev–Trinajstić information content (AvgIpc) is 3.14. The summed E-state index contributed by atoms with van der Waals surface area (Å²) in [5.41, 5.74) is 1.80. The van der Waals surface area contributed by atoms with Crippen LogP contribution in [0.5, 0.6) is 0 Å². The molecule has 1 aliphatic heterocycles. The van der Waals surface area contributed by atoms with Crippen LogP contribution in [0.3, 0.4) is 0 Å². The number of rotatable bonds is 2. The van der Waals surface area contributed by atoms with Crippen LogP contribution in [0.15, 0.2) is 34.8 Å². The molecule has 2 bridgehead atoms. The number of benzene rings is 1. The number of hydrogen-bond acceptors (Lipinski definition) is 2. The van der Waals surface area contributed by atoms with Gasteiger partial charge in [-0.3, -0.25) is 9.59 Å². The molecule has 1 heterocycles. The van der Waals surface area contributed by atoms with Crippen molar-refractivity contribution in [2.45, 2.75) is 19.8 Å². The second-order valence-corrected chi connectivity index (χ2v) is 7.05. The van der Waals surface area contributed by atoms with Crippen LogP contribution in [0.25, 0.3) is 0 Å². The summed E-state index contributed by atoms with van der Waals surface area (Å²) in [6, 6.07) is 5.78. The van der Waals surface area contributed by atoms with E-state index in [0.717, 1.165) is 28.6 Å². The smallest absolute Gasteiger partial charge is 0.238 e. The monoisotopic (exact) mass is 345 g/mol. The summed E-state index contributed by atoms with van der Waals surface area (Å²) >= 11 is 3.46. The molecule has 0 radical (unpaired) electrons. The second-order valence-electron chi connectivity index (χ2n) is 6.14. The molecule has 0 spiro atoms. The van der Waals surface area contributed by atoms with Gasteiger partial charge in [0.25, 0.3) is 0 Å². The van der Waals surface area contributed by atoms with E-state index in [1.54, 1.807) is 0 Å². The van der Waals surface area contributed by atoms with E-state index in [0.29, 0.717) is 0 Å². The number of imide groups is 1. The van der Waals surface area contributed by atoms with Crippen molar-refractivity contribution in [3.8, 4) is 0 Å². The summed E-state index contributed by atoms with van der Waals surface area (Å²) in [5, 5.41) is 0. The molecule has 4 atom stereocenters. The Hall–Kier alpha value is -1.42. The predicted molar refractivity (Wildman–Crippen MR) is 83.7 cm³/mol. The van der Waals surface area contributed by atoms with E-state index in [1.807, 2.05) is 25.1 Å². The summed E-state index contributed by atoms with van der Waals surface area (Å²) in [6.45, 7) is 2.04. The van der Waals surface area contributed by atoms with Crippen LogP contribution < -0.4 is 4.90 Å². The molecule has 0 unspecified atom stereocenters. The summed E-state index contributed by atoms with van der Waals surface area (Å²) in [7, 11) is 0. The number of hydrogen-bond donors (Lipinski definition) is 0. The van der Waals surface area contributed by atoms with Crippen LogP contribution in [0.2, 0.25) is 0 Å². The molecule has 4 rings (SSSR count). The van der Waals surface area contributed by atoms with Crippen LogP contribution in [-0.2, 0) is 16.0 Å². The molecule has 1 saturated heterocycles. The lowest BCUT2D eigenvalue weighted by atomic mass is 9.85. The minimum atomic E-state index is -0.124. The normalized spacial score (nSPS) is 33.1. The molecule has 2 aliphatic carbocycles. The summed E-state index contributed by atoms with van der Waals surface area (Å²) < 4.78 is 0.976. The number of carbonyl (C=O) groups is 2. The number of anilines is 1. The Balaban J connectivity index is 1.78. The molecule has 0 N–H and O–H groups in total. The first-order valence-corrected chi connectivity index (χ1v) is 8.25. The average molecular weight is 346 g/mol. The van der Waals surface area contributed by atoms with E-state index >= 15 is 0 Å². The molecular formula is C17H16BrNO2. The fraction of sp³-hybridized carbons (Fsp3) is 0.412. The number of halogens is 1. The maximum Gasteiger partial charge on any atom is 0.238 e. The number of allylic oxidation sites excluding steroid dienone is 2. The zero-order chi connectivity index (χ0) is 14.7. The van der Waals surface area contributed by atoms with Gasteiger partial charge in [-0.25, -0.2) is 4.90 Å². The van der Waals surface area contributed by atoms with Crippen LogP contribution in [0.1, 0.15) is 18.9 Å². The second kappa shape index (κ2) is 4.54. The third-order valence-electron chi connectivity index (χ3n) is 5.13. The zero-order valence-electron chi connectivity index (χ0n) is 11.8. The molecule has 4 heteroatoms. The van der Waals surface area contributed by atoms with Gasteiger partial charge in [-0.05, 0) is 48.4 Å². The van der Waals surface area contributed by atoms with Gasteiger partial charge < -0.3 is 0 Å². The number of aryl methyl sites for hydroxylation is 1. The van der Waals surface area contributed by atoms with Crippen LogP contribution in [-0.4, -0.2) is 11.8 Å². The summed E-state index contributed by atoms with van der Waals surface area (Å²) in [4.78, 5) is 27.1. The van der Waals surface area contributed by atoms with Crippen LogP contribution in [0, 0.1) is 23.7 Å². The summed E-state index contributed by atoms with van der Waals surface area (Å²) in [5.74, 6) is 0.281. The Kier molecular flexibility index (Phi) is 2.86. The molecule has 3 aliphatic rings. The Bertz CT molecular complexity index is 651. The van der Waals surface area contributed by atoms with Crippen molar-refractivity contribution in [3.05, 3.63) is 40.4 Å². The lowest BCUT2D eigenvalue weighted by Crippen LogP contribution is -2.33. The Morgan fingerprint density at radius 3 is 2.33 bits per heavy atom. The molecule has 108 valence electrons. The Morgan fingerprint density at radius 2 is 1.76 bits per heavy atom. The minimum Gasteiger partial charge on any atom is -0.274 e. The van der Waals surface area contributed by atoms with Gasteiger partial charge in [0, 0.05) is 4.47 Å². The van der Waals surface area contributed by atoms with Crippen LogP contribution >= 0.6 is 15.9 Å². The van der Waals surface area contributed by atoms with Crippen molar-refractivity contribution >= 4 is 33.4 Å². The highest BCUT2D eigenvalue weighted by molar-refractivity contribution is 9.10. The molecule has 1 saturated carbocycles. The van der Waals surface area contributed by atoms with Crippen molar-refractivity contribution in [1.29, 1.82) is 0 Å². The van der Waals surface area contributed by atoms with Crippen LogP contribution in [0.4, 0.5) is 5.69 Å². The van der Waals surface area contributed by atoms with Gasteiger partial charge in [-0.15, -0.1) is 0 Å². The maximum atomic E-state index is 12.8. The van der Waals surface area contributed by atoms with Gasteiger partial charge in [0.2, 0.25) is 11.8 Å². The lowest BCUT2D eigenvalue weighted by Gasteiger charge is -2.20. The van der Waals surface area contributed by atoms with Gasteiger partial charge in [-0.1, -0.05) is 35.0 Å². The SMILES string of the molecule is CCc1cc(Br)ccc1N1C(=O)[C@@H]2[C@H](C1=O)[C@H]1C=C[C@H]2C1. The number of fused-ring (bicyclic) bond motifs is 5. The highest BCUT2D eigenvalue weighted by Crippen LogP contribution is 2.53. The molecule has 2 fully saturated rings. The number of carbonyl (C=O) groups excluding carboxylic acids is 2. The third-order valence-corrected chi connectivity index (χ3v) is 5.63. The Morgan fingerprint density at radius 1 is 1.14 bits per heavy atom. The van der Waals surface area contributed by atoms with Gasteiger partial charge >= 0.3 is 0 Å². The standard InChI is InChI=1S/C17H16BrNO2/c1-2-9-8-12(18)5-6-13(9)19-16(20)14-10-3-4-11(7-10)15(14)17(19)21/h3-6,8,10-11,14-15H,2,7H2,1H3/t10-,11-,14-,15+/m0/s1. The van der Waals surface area contributed by atoms with Crippen molar-refractivity contribution in [2.24, 2.45) is 23.7 Å². The Labute approximate surface area is 132 Å². The zero-order valence-corrected chi connectivity index (χ0v) is 13.3. The first kappa shape index (κ1) is 13.3. The van der Waals surface area contributed by atoms with E-state index in [2.05, 4.69) is 28.1 Å². The first-order valence-electron chi connectivity index (χ1n) is 7.46. The number of amides is 2. The third kappa shape index (κ3) is 1.71. The van der Waals surface area contributed by atoms with Crippen molar-refractivity contribution in [3.63, 3.8) is 0 Å². The van der Waals surface area contributed by atoms with Gasteiger partial charge in [0.1, 0.15) is 0 Å². The van der Waals surface area contributed by atoms with E-state index in [1.165, 1.54) is 4.90 Å². The quantitative estimate of drug-likeness (QED) is 0.609. The van der Waals surface area contributed by atoms with E-state index in [9.17, 15) is 9.59 Å². The van der Waals surface area contributed by atoms with E-state index in [4.69, 9.17) is 0 Å². The predicted octanol–water partition coefficient (Wildman–Crippen LogP) is 3.32. The van der Waals surface area contributed by atoms with Gasteiger partial charge in [0.05, 0.1) is 17.5 Å². The molecule has 1 aromatic rings. The fourth-order valence-corrected chi connectivity index (χ4v) is 4.60. The first-order chi connectivity index (χ1) is 10.1. The molecular weight excluding hydrogens is 330 g/mol. The number of nitrogens with zero attached hydrogens (tertiary/aromatic N) is 1.